The van der Waals surface area contributed by atoms with Crippen LogP contribution >= 0.6 is 0 Å². The van der Waals surface area contributed by atoms with Gasteiger partial charge < -0.3 is 4.98 Å². The Morgan fingerprint density at radius 2 is 1.85 bits per heavy atom. The smallest absolute Gasteiger partial charge is 0.253 e. The van der Waals surface area contributed by atoms with Crippen molar-refractivity contribution in [3.05, 3.63) is 69.0 Å². The highest BCUT2D eigenvalue weighted by molar-refractivity contribution is 5.70. The molecule has 5 heteroatoms. The topological polar surface area (TPSA) is 58.6 Å². The van der Waals surface area contributed by atoms with E-state index in [0.29, 0.717) is 5.65 Å². The van der Waals surface area contributed by atoms with Crippen LogP contribution < -0.4 is 5.56 Å². The molecule has 0 spiro atoms. The average Bonchev–Trinajstić information content (AvgIpc) is 2.62. The summed E-state index contributed by atoms with van der Waals surface area (Å²) in [6.45, 7) is 3.86. The van der Waals surface area contributed by atoms with E-state index in [9.17, 15) is 9.18 Å². The van der Waals surface area contributed by atoms with Gasteiger partial charge in [0.2, 0.25) is 0 Å². The summed E-state index contributed by atoms with van der Waals surface area (Å²) in [5, 5.41) is 0. The lowest BCUT2D eigenvalue weighted by Crippen LogP contribution is -2.21. The van der Waals surface area contributed by atoms with Crippen LogP contribution in [-0.4, -0.2) is 15.0 Å². The zero-order valence-electron chi connectivity index (χ0n) is 15.1. The first-order valence-electron chi connectivity index (χ1n) is 9.14. The third-order valence-corrected chi connectivity index (χ3v) is 5.55. The van der Waals surface area contributed by atoms with Gasteiger partial charge >= 0.3 is 0 Å². The lowest BCUT2D eigenvalue weighted by Gasteiger charge is -2.29. The molecule has 1 fully saturated rings. The van der Waals surface area contributed by atoms with E-state index in [-0.39, 0.29) is 23.2 Å². The molecule has 1 aliphatic carbocycles. The standard InChI is InChI=1S/C21H22FN3O/c1-12-4-3-5-17(22)19(12)15-8-6-14(7-9-15)16-10-18-20(25-21(16)26)23-11-13(2)24-18/h3-5,10-11,14-15H,6-9H2,1-2H3,(H,23,25,26). The molecule has 1 aliphatic rings. The minimum atomic E-state index is -0.109. The van der Waals surface area contributed by atoms with Gasteiger partial charge in [0.05, 0.1) is 11.9 Å². The van der Waals surface area contributed by atoms with Crippen LogP contribution in [0.3, 0.4) is 0 Å². The Labute approximate surface area is 151 Å². The van der Waals surface area contributed by atoms with Crippen LogP contribution in [0.25, 0.3) is 11.2 Å². The van der Waals surface area contributed by atoms with Crippen molar-refractivity contribution in [1.29, 1.82) is 0 Å². The van der Waals surface area contributed by atoms with E-state index < -0.39 is 0 Å². The molecule has 0 atom stereocenters. The van der Waals surface area contributed by atoms with Gasteiger partial charge in [0.1, 0.15) is 11.3 Å². The van der Waals surface area contributed by atoms with Gasteiger partial charge in [-0.2, -0.15) is 0 Å². The van der Waals surface area contributed by atoms with E-state index in [1.165, 1.54) is 0 Å². The van der Waals surface area contributed by atoms with Gasteiger partial charge in [0, 0.05) is 5.56 Å². The average molecular weight is 351 g/mol. The summed E-state index contributed by atoms with van der Waals surface area (Å²) in [6.07, 6.45) is 5.20. The summed E-state index contributed by atoms with van der Waals surface area (Å²) in [5.74, 6) is 0.311. The molecule has 0 radical (unpaired) electrons. The van der Waals surface area contributed by atoms with Crippen LogP contribution in [0.15, 0.2) is 35.3 Å². The van der Waals surface area contributed by atoms with E-state index >= 15 is 0 Å². The van der Waals surface area contributed by atoms with E-state index in [0.717, 1.165) is 53.6 Å². The van der Waals surface area contributed by atoms with E-state index in [4.69, 9.17) is 0 Å². The number of aromatic nitrogens is 3. The molecule has 0 unspecified atom stereocenters. The normalized spacial score (nSPS) is 20.4. The molecule has 0 bridgehead atoms. The number of fused-ring (bicyclic) bond motifs is 1. The molecule has 1 aromatic carbocycles. The predicted octanol–water partition coefficient (Wildman–Crippen LogP) is 4.52. The van der Waals surface area contributed by atoms with Crippen molar-refractivity contribution < 1.29 is 4.39 Å². The number of aryl methyl sites for hydroxylation is 2. The molecule has 0 saturated heterocycles. The molecule has 1 N–H and O–H groups in total. The van der Waals surface area contributed by atoms with Crippen molar-refractivity contribution in [2.24, 2.45) is 0 Å². The lowest BCUT2D eigenvalue weighted by atomic mass is 9.75. The maximum Gasteiger partial charge on any atom is 0.253 e. The van der Waals surface area contributed by atoms with Crippen molar-refractivity contribution in [3.8, 4) is 0 Å². The Hall–Kier alpha value is -2.56. The first kappa shape index (κ1) is 16.9. The molecular formula is C21H22FN3O. The van der Waals surface area contributed by atoms with Gasteiger partial charge in [-0.05, 0) is 74.6 Å². The van der Waals surface area contributed by atoms with Crippen molar-refractivity contribution in [2.75, 3.05) is 0 Å². The number of hydrogen-bond donors (Lipinski definition) is 1. The van der Waals surface area contributed by atoms with Gasteiger partial charge in [-0.1, -0.05) is 12.1 Å². The first-order valence-corrected chi connectivity index (χ1v) is 9.14. The van der Waals surface area contributed by atoms with Crippen LogP contribution in [0.5, 0.6) is 0 Å². The molecule has 26 heavy (non-hydrogen) atoms. The number of H-pyrrole nitrogens is 1. The third-order valence-electron chi connectivity index (χ3n) is 5.55. The van der Waals surface area contributed by atoms with E-state index in [1.807, 2.05) is 26.0 Å². The summed E-state index contributed by atoms with van der Waals surface area (Å²) >= 11 is 0. The number of nitrogens with one attached hydrogen (secondary N) is 1. The number of hydrogen-bond acceptors (Lipinski definition) is 3. The number of aromatic amines is 1. The summed E-state index contributed by atoms with van der Waals surface area (Å²) in [7, 11) is 0. The molecule has 2 heterocycles. The molecular weight excluding hydrogens is 329 g/mol. The number of benzene rings is 1. The summed E-state index contributed by atoms with van der Waals surface area (Å²) in [4.78, 5) is 24.1. The maximum atomic E-state index is 14.3. The zero-order valence-corrected chi connectivity index (χ0v) is 15.1. The SMILES string of the molecule is Cc1cnc2[nH]c(=O)c(C3CCC(c4c(C)cccc4F)CC3)cc2n1. The largest absolute Gasteiger partial charge is 0.305 e. The molecule has 134 valence electrons. The van der Waals surface area contributed by atoms with Crippen LogP contribution in [0.2, 0.25) is 0 Å². The Morgan fingerprint density at radius 1 is 1.12 bits per heavy atom. The first-order chi connectivity index (χ1) is 12.5. The Kier molecular flexibility index (Phi) is 4.31. The predicted molar refractivity (Wildman–Crippen MR) is 100.0 cm³/mol. The Morgan fingerprint density at radius 3 is 2.58 bits per heavy atom. The van der Waals surface area contributed by atoms with Crippen LogP contribution in [-0.2, 0) is 0 Å². The number of pyridine rings is 1. The van der Waals surface area contributed by atoms with Crippen molar-refractivity contribution in [2.45, 2.75) is 51.4 Å². The molecule has 1 saturated carbocycles. The van der Waals surface area contributed by atoms with E-state index in [1.54, 1.807) is 18.3 Å². The highest BCUT2D eigenvalue weighted by Gasteiger charge is 2.27. The molecule has 3 aromatic rings. The van der Waals surface area contributed by atoms with Crippen LogP contribution in [0, 0.1) is 19.7 Å². The second kappa shape index (κ2) is 6.63. The molecule has 4 nitrogen and oxygen atoms in total. The van der Waals surface area contributed by atoms with Gasteiger partial charge in [-0.15, -0.1) is 0 Å². The molecule has 2 aromatic heterocycles. The van der Waals surface area contributed by atoms with Crippen molar-refractivity contribution in [3.63, 3.8) is 0 Å². The van der Waals surface area contributed by atoms with Crippen LogP contribution in [0.1, 0.15) is 59.9 Å². The number of rotatable bonds is 2. The fourth-order valence-electron chi connectivity index (χ4n) is 4.24. The quantitative estimate of drug-likeness (QED) is 0.739. The third kappa shape index (κ3) is 3.02. The molecule has 0 amide bonds. The van der Waals surface area contributed by atoms with Crippen molar-refractivity contribution in [1.82, 2.24) is 15.0 Å². The maximum absolute atomic E-state index is 14.3. The molecule has 0 aliphatic heterocycles. The number of nitrogens with zero attached hydrogens (tertiary/aromatic N) is 2. The second-order valence-corrected chi connectivity index (χ2v) is 7.32. The highest BCUT2D eigenvalue weighted by atomic mass is 19.1. The fraction of sp³-hybridized carbons (Fsp3) is 0.381. The minimum Gasteiger partial charge on any atom is -0.305 e. The Bertz CT molecular complexity index is 999. The highest BCUT2D eigenvalue weighted by Crippen LogP contribution is 2.41. The number of halogens is 1. The Balaban J connectivity index is 1.59. The zero-order chi connectivity index (χ0) is 18.3. The summed E-state index contributed by atoms with van der Waals surface area (Å²) < 4.78 is 14.3. The second-order valence-electron chi connectivity index (χ2n) is 7.32. The van der Waals surface area contributed by atoms with Crippen LogP contribution in [0.4, 0.5) is 4.39 Å². The minimum absolute atomic E-state index is 0.0822. The lowest BCUT2D eigenvalue weighted by molar-refractivity contribution is 0.385. The molecule has 4 rings (SSSR count). The summed E-state index contributed by atoms with van der Waals surface area (Å²) in [5.41, 5.74) is 4.64. The fourth-order valence-corrected chi connectivity index (χ4v) is 4.24. The monoisotopic (exact) mass is 351 g/mol. The van der Waals surface area contributed by atoms with Gasteiger partial charge in [-0.3, -0.25) is 4.79 Å². The summed E-state index contributed by atoms with van der Waals surface area (Å²) in [6, 6.07) is 7.16. The van der Waals surface area contributed by atoms with Gasteiger partial charge in [0.25, 0.3) is 5.56 Å². The van der Waals surface area contributed by atoms with Gasteiger partial charge in [0.15, 0.2) is 5.65 Å². The van der Waals surface area contributed by atoms with Gasteiger partial charge in [-0.25, -0.2) is 14.4 Å². The van der Waals surface area contributed by atoms with E-state index in [2.05, 4.69) is 15.0 Å². The van der Waals surface area contributed by atoms with Crippen molar-refractivity contribution >= 4 is 11.2 Å².